The van der Waals surface area contributed by atoms with Crippen molar-refractivity contribution in [2.45, 2.75) is 58.3 Å². The Balaban J connectivity index is 2.10. The number of hydrogen-bond donors (Lipinski definition) is 2. The van der Waals surface area contributed by atoms with Crippen LogP contribution in [-0.4, -0.2) is 48.1 Å². The number of carboxylic acid groups (broad SMARTS) is 1. The van der Waals surface area contributed by atoms with Crippen molar-refractivity contribution in [3.8, 4) is 0 Å². The lowest BCUT2D eigenvalue weighted by Gasteiger charge is -2.25. The number of carbonyl (C=O) groups is 2. The lowest BCUT2D eigenvalue weighted by Crippen LogP contribution is -2.40. The van der Waals surface area contributed by atoms with Gasteiger partial charge in [-0.1, -0.05) is 26.2 Å². The molecular weight excluding hydrogens is 268 g/mol. The molecule has 0 aromatic carbocycles. The van der Waals surface area contributed by atoms with Gasteiger partial charge in [0.25, 0.3) is 0 Å². The lowest BCUT2D eigenvalue weighted by molar-refractivity contribution is -0.137. The molecule has 1 saturated heterocycles. The third-order valence-electron chi connectivity index (χ3n) is 4.15. The minimum Gasteiger partial charge on any atom is -0.481 e. The van der Waals surface area contributed by atoms with E-state index >= 15 is 0 Å². The van der Waals surface area contributed by atoms with Crippen molar-refractivity contribution in [3.63, 3.8) is 0 Å². The molecule has 5 nitrogen and oxygen atoms in total. The second-order valence-electron chi connectivity index (χ2n) is 6.15. The molecular formula is C16H30N2O3. The molecule has 1 aliphatic rings. The normalized spacial score (nSPS) is 17.9. The molecule has 0 bridgehead atoms. The number of rotatable bonds is 8. The third-order valence-corrected chi connectivity index (χ3v) is 4.15. The Morgan fingerprint density at radius 2 is 1.71 bits per heavy atom. The van der Waals surface area contributed by atoms with E-state index in [0.717, 1.165) is 38.9 Å². The minimum absolute atomic E-state index is 0.204. The van der Waals surface area contributed by atoms with Crippen LogP contribution in [0.4, 0.5) is 0 Å². The number of carbonyl (C=O) groups excluding carboxylic acids is 1. The third kappa shape index (κ3) is 8.71. The van der Waals surface area contributed by atoms with Gasteiger partial charge in [-0.25, -0.2) is 0 Å². The highest BCUT2D eigenvalue weighted by Crippen LogP contribution is 2.11. The van der Waals surface area contributed by atoms with E-state index in [4.69, 9.17) is 5.11 Å². The number of amides is 1. The molecule has 0 aromatic rings. The average Bonchev–Trinajstić information content (AvgIpc) is 2.40. The van der Waals surface area contributed by atoms with E-state index < -0.39 is 5.97 Å². The molecule has 122 valence electrons. The van der Waals surface area contributed by atoms with Crippen molar-refractivity contribution in [3.05, 3.63) is 0 Å². The van der Waals surface area contributed by atoms with Gasteiger partial charge in [-0.3, -0.25) is 9.59 Å². The summed E-state index contributed by atoms with van der Waals surface area (Å²) < 4.78 is 0. The summed E-state index contributed by atoms with van der Waals surface area (Å²) in [5.74, 6) is -0.150. The van der Waals surface area contributed by atoms with Crippen molar-refractivity contribution < 1.29 is 14.7 Å². The summed E-state index contributed by atoms with van der Waals surface area (Å²) >= 11 is 0. The molecule has 0 radical (unpaired) electrons. The van der Waals surface area contributed by atoms with Crippen LogP contribution >= 0.6 is 0 Å². The maximum absolute atomic E-state index is 12.1. The molecule has 1 unspecified atom stereocenters. The van der Waals surface area contributed by atoms with Crippen LogP contribution in [0.5, 0.6) is 0 Å². The zero-order valence-corrected chi connectivity index (χ0v) is 13.3. The van der Waals surface area contributed by atoms with Gasteiger partial charge in [0.15, 0.2) is 0 Å². The molecule has 1 aliphatic heterocycles. The van der Waals surface area contributed by atoms with Gasteiger partial charge in [-0.15, -0.1) is 0 Å². The van der Waals surface area contributed by atoms with Crippen LogP contribution in [0.25, 0.3) is 0 Å². The minimum atomic E-state index is -0.734. The first-order valence-corrected chi connectivity index (χ1v) is 8.30. The molecule has 2 N–H and O–H groups in total. The Labute approximate surface area is 128 Å². The number of likely N-dealkylation sites (tertiary alicyclic amines) is 1. The van der Waals surface area contributed by atoms with Crippen molar-refractivity contribution in [1.82, 2.24) is 10.2 Å². The van der Waals surface area contributed by atoms with Crippen LogP contribution in [0, 0.1) is 5.92 Å². The van der Waals surface area contributed by atoms with Gasteiger partial charge in [0.2, 0.25) is 5.91 Å². The molecule has 0 spiro atoms. The second kappa shape index (κ2) is 10.6. The highest BCUT2D eigenvalue weighted by atomic mass is 16.4. The second-order valence-corrected chi connectivity index (χ2v) is 6.15. The number of aliphatic carboxylic acids is 1. The molecule has 0 aromatic heterocycles. The molecule has 5 heteroatoms. The summed E-state index contributed by atoms with van der Waals surface area (Å²) in [5.41, 5.74) is 0. The van der Waals surface area contributed by atoms with Gasteiger partial charge in [0, 0.05) is 19.5 Å². The summed E-state index contributed by atoms with van der Waals surface area (Å²) in [5, 5.41) is 11.8. The van der Waals surface area contributed by atoms with E-state index in [1.54, 1.807) is 0 Å². The average molecular weight is 298 g/mol. The number of hydrogen-bond acceptors (Lipinski definition) is 3. The molecule has 0 aliphatic carbocycles. The summed E-state index contributed by atoms with van der Waals surface area (Å²) in [6, 6.07) is 0. The first-order valence-electron chi connectivity index (χ1n) is 8.30. The van der Waals surface area contributed by atoms with Crippen LogP contribution in [0.1, 0.15) is 58.3 Å². The fraction of sp³-hybridized carbons (Fsp3) is 0.875. The maximum atomic E-state index is 12.1. The van der Waals surface area contributed by atoms with Crippen LogP contribution in [0.2, 0.25) is 0 Å². The topological polar surface area (TPSA) is 69.6 Å². The summed E-state index contributed by atoms with van der Waals surface area (Å²) in [6.45, 7) is 5.04. The Bertz CT molecular complexity index is 313. The molecule has 1 rings (SSSR count). The number of nitrogens with zero attached hydrogens (tertiary/aromatic N) is 1. The van der Waals surface area contributed by atoms with Crippen molar-refractivity contribution >= 4 is 11.9 Å². The standard InChI is InChI=1S/C16H30N2O3/c1-14(7-8-16(20)21)9-10-17-13-15(19)18-11-5-3-2-4-6-12-18/h14,17H,2-13H2,1H3,(H,20,21). The van der Waals surface area contributed by atoms with Gasteiger partial charge in [0.05, 0.1) is 6.54 Å². The smallest absolute Gasteiger partial charge is 0.303 e. The fourth-order valence-corrected chi connectivity index (χ4v) is 2.67. The van der Waals surface area contributed by atoms with Gasteiger partial charge in [-0.2, -0.15) is 0 Å². The van der Waals surface area contributed by atoms with Crippen LogP contribution in [-0.2, 0) is 9.59 Å². The lowest BCUT2D eigenvalue weighted by atomic mass is 10.0. The van der Waals surface area contributed by atoms with Crippen molar-refractivity contribution in [1.29, 1.82) is 0 Å². The Morgan fingerprint density at radius 3 is 2.33 bits per heavy atom. The van der Waals surface area contributed by atoms with Crippen molar-refractivity contribution in [2.75, 3.05) is 26.2 Å². The van der Waals surface area contributed by atoms with E-state index in [0.29, 0.717) is 18.9 Å². The molecule has 1 fully saturated rings. The van der Waals surface area contributed by atoms with Gasteiger partial charge in [-0.05, 0) is 38.1 Å². The molecule has 0 saturated carbocycles. The molecule has 1 amide bonds. The Hall–Kier alpha value is -1.10. The van der Waals surface area contributed by atoms with E-state index in [-0.39, 0.29) is 12.3 Å². The molecule has 1 heterocycles. The summed E-state index contributed by atoms with van der Waals surface area (Å²) in [4.78, 5) is 24.6. The van der Waals surface area contributed by atoms with Gasteiger partial charge in [0.1, 0.15) is 0 Å². The summed E-state index contributed by atoms with van der Waals surface area (Å²) in [7, 11) is 0. The van der Waals surface area contributed by atoms with E-state index in [1.165, 1.54) is 19.3 Å². The van der Waals surface area contributed by atoms with E-state index in [1.807, 2.05) is 4.90 Å². The van der Waals surface area contributed by atoms with E-state index in [2.05, 4.69) is 12.2 Å². The van der Waals surface area contributed by atoms with Gasteiger partial charge < -0.3 is 15.3 Å². The highest BCUT2D eigenvalue weighted by Gasteiger charge is 2.14. The van der Waals surface area contributed by atoms with Gasteiger partial charge >= 0.3 is 5.97 Å². The van der Waals surface area contributed by atoms with Crippen LogP contribution in [0.3, 0.4) is 0 Å². The van der Waals surface area contributed by atoms with E-state index in [9.17, 15) is 9.59 Å². The monoisotopic (exact) mass is 298 g/mol. The molecule has 21 heavy (non-hydrogen) atoms. The first kappa shape index (κ1) is 18.0. The number of carboxylic acids is 1. The number of nitrogens with one attached hydrogen (secondary N) is 1. The zero-order valence-electron chi connectivity index (χ0n) is 13.3. The molecule has 1 atom stereocenters. The largest absolute Gasteiger partial charge is 0.481 e. The maximum Gasteiger partial charge on any atom is 0.303 e. The van der Waals surface area contributed by atoms with Crippen LogP contribution < -0.4 is 5.32 Å². The SMILES string of the molecule is CC(CCNCC(=O)N1CCCCCCC1)CCC(=O)O. The van der Waals surface area contributed by atoms with Crippen LogP contribution in [0.15, 0.2) is 0 Å². The summed E-state index contributed by atoms with van der Waals surface area (Å²) in [6.07, 6.45) is 7.87. The predicted octanol–water partition coefficient (Wildman–Crippen LogP) is 2.26. The predicted molar refractivity (Wildman–Crippen MR) is 83.2 cm³/mol. The van der Waals surface area contributed by atoms with Crippen molar-refractivity contribution in [2.24, 2.45) is 5.92 Å². The fourth-order valence-electron chi connectivity index (χ4n) is 2.67. The highest BCUT2D eigenvalue weighted by molar-refractivity contribution is 5.78. The zero-order chi connectivity index (χ0) is 15.5. The first-order chi connectivity index (χ1) is 10.1. The quantitative estimate of drug-likeness (QED) is 0.674. The Kier molecular flexibility index (Phi) is 9.06. The Morgan fingerprint density at radius 1 is 1.10 bits per heavy atom.